The summed E-state index contributed by atoms with van der Waals surface area (Å²) >= 11 is 5.17. The lowest BCUT2D eigenvalue weighted by atomic mass is 10.1. The molecule has 0 unspecified atom stereocenters. The molecule has 2 amide bonds. The third-order valence-electron chi connectivity index (χ3n) is 4.01. The van der Waals surface area contributed by atoms with Crippen molar-refractivity contribution in [2.24, 2.45) is 5.73 Å². The number of primary amides is 1. The Morgan fingerprint density at radius 3 is 2.31 bits per heavy atom. The van der Waals surface area contributed by atoms with Crippen molar-refractivity contribution in [3.05, 3.63) is 76.2 Å². The average Bonchev–Trinajstić information content (AvgIpc) is 3.03. The largest absolute Gasteiger partial charge is 0.366 e. The van der Waals surface area contributed by atoms with Gasteiger partial charge in [-0.2, -0.15) is 0 Å². The molecule has 0 radical (unpaired) electrons. The number of hydrogen-bond donors (Lipinski definition) is 3. The summed E-state index contributed by atoms with van der Waals surface area (Å²) in [7, 11) is 1.74. The van der Waals surface area contributed by atoms with E-state index in [-0.39, 0.29) is 5.91 Å². The van der Waals surface area contributed by atoms with E-state index >= 15 is 0 Å². The summed E-state index contributed by atoms with van der Waals surface area (Å²) in [6, 6.07) is 16.4. The first-order valence-electron chi connectivity index (χ1n) is 7.97. The summed E-state index contributed by atoms with van der Waals surface area (Å²) in [5.41, 5.74) is 8.39. The van der Waals surface area contributed by atoms with Crippen molar-refractivity contribution in [3.63, 3.8) is 0 Å². The zero-order valence-electron chi connectivity index (χ0n) is 14.2. The normalized spacial score (nSPS) is 10.5. The van der Waals surface area contributed by atoms with Crippen molar-refractivity contribution in [1.82, 2.24) is 14.9 Å². The summed E-state index contributed by atoms with van der Waals surface area (Å²) in [6.45, 7) is 0.478. The minimum atomic E-state index is -0.502. The second-order valence-corrected chi connectivity index (χ2v) is 6.33. The maximum atomic E-state index is 12.9. The monoisotopic (exact) mass is 366 g/mol. The van der Waals surface area contributed by atoms with Crippen LogP contribution in [0.3, 0.4) is 0 Å². The number of aromatic nitrogens is 2. The second-order valence-electron chi connectivity index (χ2n) is 5.92. The van der Waals surface area contributed by atoms with E-state index in [1.165, 1.54) is 0 Å². The number of imidazole rings is 1. The number of hydrogen-bond acceptors (Lipinski definition) is 3. The molecule has 26 heavy (non-hydrogen) atoms. The predicted molar refractivity (Wildman–Crippen MR) is 102 cm³/mol. The van der Waals surface area contributed by atoms with Crippen molar-refractivity contribution < 1.29 is 9.59 Å². The molecule has 0 aliphatic carbocycles. The van der Waals surface area contributed by atoms with Gasteiger partial charge in [0.25, 0.3) is 5.91 Å². The minimum absolute atomic E-state index is 0.185. The van der Waals surface area contributed by atoms with E-state index in [0.717, 1.165) is 11.1 Å². The van der Waals surface area contributed by atoms with E-state index in [9.17, 15) is 9.59 Å². The van der Waals surface area contributed by atoms with E-state index < -0.39 is 5.91 Å². The Labute approximate surface area is 155 Å². The molecule has 0 aliphatic heterocycles. The number of aromatic amines is 2. The van der Waals surface area contributed by atoms with Crippen LogP contribution in [0.25, 0.3) is 11.3 Å². The van der Waals surface area contributed by atoms with Gasteiger partial charge in [-0.15, -0.1) is 0 Å². The lowest BCUT2D eigenvalue weighted by Crippen LogP contribution is -2.27. The van der Waals surface area contributed by atoms with Crippen LogP contribution in [0.5, 0.6) is 0 Å². The average molecular weight is 366 g/mol. The van der Waals surface area contributed by atoms with Gasteiger partial charge < -0.3 is 20.6 Å². The summed E-state index contributed by atoms with van der Waals surface area (Å²) in [6.07, 6.45) is 0. The molecule has 0 saturated carbocycles. The molecule has 7 heteroatoms. The van der Waals surface area contributed by atoms with Crippen LogP contribution in [0.15, 0.2) is 54.6 Å². The Hall–Kier alpha value is -3.19. The molecule has 2 aromatic carbocycles. The van der Waals surface area contributed by atoms with Crippen LogP contribution in [0.1, 0.15) is 26.4 Å². The number of rotatable bonds is 5. The van der Waals surface area contributed by atoms with E-state index in [0.29, 0.717) is 28.3 Å². The Bertz CT molecular complexity index is 990. The zero-order chi connectivity index (χ0) is 18.7. The van der Waals surface area contributed by atoms with Crippen molar-refractivity contribution in [1.29, 1.82) is 0 Å². The molecule has 0 fully saturated rings. The predicted octanol–water partition coefficient (Wildman–Crippen LogP) is 3.11. The smallest absolute Gasteiger partial charge is 0.272 e. The van der Waals surface area contributed by atoms with E-state index in [4.69, 9.17) is 18.0 Å². The summed E-state index contributed by atoms with van der Waals surface area (Å²) in [5.74, 6) is -0.687. The van der Waals surface area contributed by atoms with Crippen LogP contribution in [-0.4, -0.2) is 33.7 Å². The Kier molecular flexibility index (Phi) is 4.99. The van der Waals surface area contributed by atoms with E-state index in [1.807, 2.05) is 30.3 Å². The maximum absolute atomic E-state index is 12.9. The summed E-state index contributed by atoms with van der Waals surface area (Å²) < 4.78 is 0.357. The Balaban J connectivity index is 1.89. The van der Waals surface area contributed by atoms with Crippen molar-refractivity contribution >= 4 is 24.0 Å². The highest BCUT2D eigenvalue weighted by Gasteiger charge is 2.20. The first kappa shape index (κ1) is 17.6. The number of nitrogens with zero attached hydrogens (tertiary/aromatic N) is 1. The first-order valence-corrected chi connectivity index (χ1v) is 8.38. The zero-order valence-corrected chi connectivity index (χ0v) is 15.0. The minimum Gasteiger partial charge on any atom is -0.366 e. The van der Waals surface area contributed by atoms with Gasteiger partial charge >= 0.3 is 0 Å². The third kappa shape index (κ3) is 3.73. The van der Waals surface area contributed by atoms with Gasteiger partial charge in [-0.3, -0.25) is 9.59 Å². The number of amides is 2. The molecule has 3 rings (SSSR count). The first-order chi connectivity index (χ1) is 12.5. The van der Waals surface area contributed by atoms with E-state index in [1.54, 1.807) is 36.2 Å². The number of H-pyrrole nitrogens is 2. The molecule has 0 bridgehead atoms. The number of carbonyl (C=O) groups excluding carboxylic acids is 2. The van der Waals surface area contributed by atoms with Gasteiger partial charge in [-0.1, -0.05) is 42.5 Å². The van der Waals surface area contributed by atoms with Gasteiger partial charge in [0.15, 0.2) is 4.77 Å². The van der Waals surface area contributed by atoms with Crippen LogP contribution >= 0.6 is 12.2 Å². The highest BCUT2D eigenvalue weighted by molar-refractivity contribution is 7.71. The Morgan fingerprint density at radius 1 is 1.04 bits per heavy atom. The van der Waals surface area contributed by atoms with Crippen molar-refractivity contribution in [3.8, 4) is 11.3 Å². The number of nitrogens with one attached hydrogen (secondary N) is 2. The van der Waals surface area contributed by atoms with Gasteiger partial charge in [0, 0.05) is 24.7 Å². The molecule has 4 N–H and O–H groups in total. The van der Waals surface area contributed by atoms with Gasteiger partial charge in [-0.25, -0.2) is 0 Å². The van der Waals surface area contributed by atoms with Crippen LogP contribution in [0, 0.1) is 4.77 Å². The van der Waals surface area contributed by atoms with Crippen molar-refractivity contribution in [2.75, 3.05) is 7.05 Å². The fourth-order valence-electron chi connectivity index (χ4n) is 2.68. The third-order valence-corrected chi connectivity index (χ3v) is 4.21. The molecule has 1 heterocycles. The molecule has 6 nitrogen and oxygen atoms in total. The summed E-state index contributed by atoms with van der Waals surface area (Å²) in [5, 5.41) is 0. The molecule has 0 aliphatic rings. The fraction of sp³-hybridized carbons (Fsp3) is 0.105. The topological polar surface area (TPSA) is 95.0 Å². The molecule has 132 valence electrons. The second kappa shape index (κ2) is 7.37. The standard InChI is InChI=1S/C19H18N4O2S/c1-23(11-12-5-3-2-4-6-12)18(25)16-15(21-19(26)22-16)13-7-9-14(10-8-13)17(20)24/h2-10H,11H2,1H3,(H2,20,24)(H2,21,22,26). The molecule has 1 aromatic heterocycles. The fourth-order valence-corrected chi connectivity index (χ4v) is 2.89. The van der Waals surface area contributed by atoms with Gasteiger partial charge in [0.2, 0.25) is 5.91 Å². The summed E-state index contributed by atoms with van der Waals surface area (Å²) in [4.78, 5) is 31.7. The van der Waals surface area contributed by atoms with Crippen LogP contribution in [0.2, 0.25) is 0 Å². The van der Waals surface area contributed by atoms with Crippen LogP contribution < -0.4 is 5.73 Å². The number of benzene rings is 2. The highest BCUT2D eigenvalue weighted by Crippen LogP contribution is 2.23. The lowest BCUT2D eigenvalue weighted by molar-refractivity contribution is 0.0780. The molecular weight excluding hydrogens is 348 g/mol. The van der Waals surface area contributed by atoms with Crippen LogP contribution in [-0.2, 0) is 6.54 Å². The highest BCUT2D eigenvalue weighted by atomic mass is 32.1. The van der Waals surface area contributed by atoms with Crippen LogP contribution in [0.4, 0.5) is 0 Å². The Morgan fingerprint density at radius 2 is 1.69 bits per heavy atom. The maximum Gasteiger partial charge on any atom is 0.272 e. The van der Waals surface area contributed by atoms with Gasteiger partial charge in [0.1, 0.15) is 5.69 Å². The molecule has 0 spiro atoms. The molecule has 0 saturated heterocycles. The van der Waals surface area contributed by atoms with Gasteiger partial charge in [-0.05, 0) is 29.9 Å². The molecule has 0 atom stereocenters. The lowest BCUT2D eigenvalue weighted by Gasteiger charge is -2.17. The number of nitrogens with two attached hydrogens (primary N) is 1. The van der Waals surface area contributed by atoms with Gasteiger partial charge in [0.05, 0.1) is 5.69 Å². The van der Waals surface area contributed by atoms with E-state index in [2.05, 4.69) is 9.97 Å². The quantitative estimate of drug-likeness (QED) is 0.606. The number of carbonyl (C=O) groups is 2. The van der Waals surface area contributed by atoms with Crippen molar-refractivity contribution in [2.45, 2.75) is 6.54 Å². The molecule has 3 aromatic rings. The molecular formula is C19H18N4O2S. The SMILES string of the molecule is CN(Cc1ccccc1)C(=O)c1[nH]c(=S)[nH]c1-c1ccc(C(N)=O)cc1.